The Bertz CT molecular complexity index is 676. The molecule has 0 bridgehead atoms. The van der Waals surface area contributed by atoms with E-state index in [1.807, 2.05) is 30.3 Å². The summed E-state index contributed by atoms with van der Waals surface area (Å²) >= 11 is 2.07. The highest BCUT2D eigenvalue weighted by atomic mass is 127. The zero-order valence-corrected chi connectivity index (χ0v) is 15.0. The standard InChI is InChI=1S/C17H18INO4/c1-22-15-8-12(13(18)9-16(15)23-2)17(21)19-10-14(20)11-6-4-3-5-7-11/h3-9,14,20H,10H2,1-2H3,(H,19,21). The van der Waals surface area contributed by atoms with Crippen molar-refractivity contribution < 1.29 is 19.4 Å². The van der Waals surface area contributed by atoms with Crippen LogP contribution in [0, 0.1) is 3.57 Å². The summed E-state index contributed by atoms with van der Waals surface area (Å²) < 4.78 is 11.2. The van der Waals surface area contributed by atoms with E-state index in [1.165, 1.54) is 7.11 Å². The number of carbonyl (C=O) groups excluding carboxylic acids is 1. The maximum Gasteiger partial charge on any atom is 0.252 e. The minimum atomic E-state index is -0.752. The largest absolute Gasteiger partial charge is 0.493 e. The van der Waals surface area contributed by atoms with Crippen molar-refractivity contribution in [3.05, 3.63) is 57.2 Å². The molecule has 1 atom stereocenters. The number of rotatable bonds is 6. The molecule has 5 nitrogen and oxygen atoms in total. The SMILES string of the molecule is COc1cc(I)c(C(=O)NCC(O)c2ccccc2)cc1OC. The van der Waals surface area contributed by atoms with Crippen molar-refractivity contribution in [3.8, 4) is 11.5 Å². The van der Waals surface area contributed by atoms with E-state index in [0.717, 1.165) is 9.13 Å². The number of benzene rings is 2. The first-order valence-corrected chi connectivity index (χ1v) is 8.07. The molecule has 0 spiro atoms. The number of methoxy groups -OCH3 is 2. The second-order valence-corrected chi connectivity index (χ2v) is 5.99. The van der Waals surface area contributed by atoms with Gasteiger partial charge in [0.2, 0.25) is 0 Å². The number of carbonyl (C=O) groups is 1. The third kappa shape index (κ3) is 4.35. The minimum absolute atomic E-state index is 0.132. The van der Waals surface area contributed by atoms with E-state index in [4.69, 9.17) is 9.47 Å². The lowest BCUT2D eigenvalue weighted by molar-refractivity contribution is 0.0915. The third-order valence-electron chi connectivity index (χ3n) is 3.36. The Kier molecular flexibility index (Phi) is 6.23. The second-order valence-electron chi connectivity index (χ2n) is 4.82. The minimum Gasteiger partial charge on any atom is -0.493 e. The zero-order valence-electron chi connectivity index (χ0n) is 12.9. The van der Waals surface area contributed by atoms with Crippen LogP contribution in [0.25, 0.3) is 0 Å². The van der Waals surface area contributed by atoms with Crippen LogP contribution in [0.2, 0.25) is 0 Å². The van der Waals surface area contributed by atoms with E-state index < -0.39 is 6.10 Å². The monoisotopic (exact) mass is 427 g/mol. The zero-order chi connectivity index (χ0) is 16.8. The Morgan fingerprint density at radius 3 is 2.39 bits per heavy atom. The Morgan fingerprint density at radius 1 is 1.17 bits per heavy atom. The molecule has 6 heteroatoms. The Morgan fingerprint density at radius 2 is 1.78 bits per heavy atom. The van der Waals surface area contributed by atoms with Gasteiger partial charge in [-0.2, -0.15) is 0 Å². The molecule has 0 heterocycles. The molecule has 1 amide bonds. The van der Waals surface area contributed by atoms with E-state index in [1.54, 1.807) is 19.2 Å². The highest BCUT2D eigenvalue weighted by Crippen LogP contribution is 2.31. The van der Waals surface area contributed by atoms with Crippen LogP contribution in [0.15, 0.2) is 42.5 Å². The molecule has 2 aromatic rings. The summed E-state index contributed by atoms with van der Waals surface area (Å²) in [7, 11) is 3.06. The predicted octanol–water partition coefficient (Wildman–Crippen LogP) is 2.77. The van der Waals surface area contributed by atoms with Gasteiger partial charge in [0.1, 0.15) is 0 Å². The number of aliphatic hydroxyl groups is 1. The first-order chi connectivity index (χ1) is 11.1. The van der Waals surface area contributed by atoms with Gasteiger partial charge in [0.05, 0.1) is 25.9 Å². The predicted molar refractivity (Wildman–Crippen MR) is 96.0 cm³/mol. The molecule has 2 rings (SSSR count). The highest BCUT2D eigenvalue weighted by Gasteiger charge is 2.16. The molecule has 0 aromatic heterocycles. The van der Waals surface area contributed by atoms with Gasteiger partial charge in [0.25, 0.3) is 5.91 Å². The van der Waals surface area contributed by atoms with Crippen LogP contribution in [-0.2, 0) is 0 Å². The fraction of sp³-hybridized carbons (Fsp3) is 0.235. The topological polar surface area (TPSA) is 67.8 Å². The van der Waals surface area contributed by atoms with Crippen molar-refractivity contribution >= 4 is 28.5 Å². The van der Waals surface area contributed by atoms with Crippen molar-refractivity contribution in [2.45, 2.75) is 6.10 Å². The lowest BCUT2D eigenvalue weighted by Crippen LogP contribution is -2.29. The average Bonchev–Trinajstić information content (AvgIpc) is 2.59. The van der Waals surface area contributed by atoms with Crippen LogP contribution in [0.1, 0.15) is 22.0 Å². The van der Waals surface area contributed by atoms with Gasteiger partial charge in [0, 0.05) is 10.1 Å². The van der Waals surface area contributed by atoms with Crippen molar-refractivity contribution in [2.24, 2.45) is 0 Å². The molecule has 0 aliphatic carbocycles. The summed E-state index contributed by atoms with van der Waals surface area (Å²) in [4.78, 5) is 12.3. The molecular weight excluding hydrogens is 409 g/mol. The maximum atomic E-state index is 12.3. The van der Waals surface area contributed by atoms with Crippen molar-refractivity contribution in [1.29, 1.82) is 0 Å². The van der Waals surface area contributed by atoms with E-state index in [0.29, 0.717) is 17.1 Å². The van der Waals surface area contributed by atoms with Crippen molar-refractivity contribution in [2.75, 3.05) is 20.8 Å². The summed E-state index contributed by atoms with van der Waals surface area (Å²) in [5.41, 5.74) is 1.23. The fourth-order valence-corrected chi connectivity index (χ4v) is 2.79. The molecule has 0 aliphatic heterocycles. The molecular formula is C17H18INO4. The summed E-state index contributed by atoms with van der Waals surface area (Å²) in [6.45, 7) is 0.132. The summed E-state index contributed by atoms with van der Waals surface area (Å²) in [5.74, 6) is 0.782. The van der Waals surface area contributed by atoms with E-state index in [9.17, 15) is 9.90 Å². The van der Waals surface area contributed by atoms with Crippen molar-refractivity contribution in [3.63, 3.8) is 0 Å². The Hall–Kier alpha value is -1.80. The average molecular weight is 427 g/mol. The van der Waals surface area contributed by atoms with Gasteiger partial charge >= 0.3 is 0 Å². The normalized spacial score (nSPS) is 11.7. The molecule has 23 heavy (non-hydrogen) atoms. The summed E-state index contributed by atoms with van der Waals surface area (Å²) in [6.07, 6.45) is -0.752. The highest BCUT2D eigenvalue weighted by molar-refractivity contribution is 14.1. The molecule has 0 radical (unpaired) electrons. The molecule has 122 valence electrons. The summed E-state index contributed by atoms with van der Waals surface area (Å²) in [6, 6.07) is 12.6. The Labute approximate surface area is 148 Å². The van der Waals surface area contributed by atoms with Crippen LogP contribution >= 0.6 is 22.6 Å². The third-order valence-corrected chi connectivity index (χ3v) is 4.25. The number of amides is 1. The number of aliphatic hydroxyl groups excluding tert-OH is 1. The van der Waals surface area contributed by atoms with Crippen LogP contribution in [0.4, 0.5) is 0 Å². The van der Waals surface area contributed by atoms with Gasteiger partial charge in [-0.25, -0.2) is 0 Å². The molecule has 2 aromatic carbocycles. The smallest absolute Gasteiger partial charge is 0.252 e. The second kappa shape index (κ2) is 8.16. The van der Waals surface area contributed by atoms with Gasteiger partial charge in [-0.15, -0.1) is 0 Å². The maximum absolute atomic E-state index is 12.3. The van der Waals surface area contributed by atoms with Crippen molar-refractivity contribution in [1.82, 2.24) is 5.32 Å². The number of halogens is 1. The van der Waals surface area contributed by atoms with Gasteiger partial charge in [-0.1, -0.05) is 30.3 Å². The number of hydrogen-bond acceptors (Lipinski definition) is 4. The molecule has 2 N–H and O–H groups in total. The van der Waals surface area contributed by atoms with Gasteiger partial charge < -0.3 is 19.9 Å². The van der Waals surface area contributed by atoms with Gasteiger partial charge in [-0.3, -0.25) is 4.79 Å². The number of ether oxygens (including phenoxy) is 2. The van der Waals surface area contributed by atoms with Crippen LogP contribution in [0.5, 0.6) is 11.5 Å². The summed E-state index contributed by atoms with van der Waals surface area (Å²) in [5, 5.41) is 12.8. The number of nitrogens with one attached hydrogen (secondary N) is 1. The Balaban J connectivity index is 2.09. The van der Waals surface area contributed by atoms with Crippen LogP contribution in [0.3, 0.4) is 0 Å². The molecule has 0 fully saturated rings. The molecule has 1 unspecified atom stereocenters. The fourth-order valence-electron chi connectivity index (χ4n) is 2.11. The molecule has 0 saturated heterocycles. The first-order valence-electron chi connectivity index (χ1n) is 6.99. The van der Waals surface area contributed by atoms with Crippen LogP contribution in [-0.4, -0.2) is 31.8 Å². The van der Waals surface area contributed by atoms with Gasteiger partial charge in [-0.05, 0) is 40.3 Å². The van der Waals surface area contributed by atoms with E-state index in [-0.39, 0.29) is 12.5 Å². The van der Waals surface area contributed by atoms with Crippen LogP contribution < -0.4 is 14.8 Å². The van der Waals surface area contributed by atoms with E-state index in [2.05, 4.69) is 27.9 Å². The molecule has 0 saturated carbocycles. The lowest BCUT2D eigenvalue weighted by Gasteiger charge is -2.14. The van der Waals surface area contributed by atoms with Gasteiger partial charge in [0.15, 0.2) is 11.5 Å². The lowest BCUT2D eigenvalue weighted by atomic mass is 10.1. The first kappa shape index (κ1) is 17.6. The number of hydrogen-bond donors (Lipinski definition) is 2. The quantitative estimate of drug-likeness (QED) is 0.696. The molecule has 0 aliphatic rings. The van der Waals surface area contributed by atoms with E-state index >= 15 is 0 Å².